The standard InChI is InChI=1S/C13H14N4OS/c1-8-3-5-10(6-4-8)7-15-17-12(18)11-9(2)16-13(14)19-11/h3-7H,1-2H3,(H2,14,16)(H,17,18). The number of rotatable bonds is 3. The predicted octanol–water partition coefficient (Wildman–Crippen LogP) is 2.11. The molecule has 1 aromatic carbocycles. The Balaban J connectivity index is 2.00. The Morgan fingerprint density at radius 3 is 2.63 bits per heavy atom. The number of hydrogen-bond acceptors (Lipinski definition) is 5. The number of nitrogens with two attached hydrogens (primary N) is 1. The molecule has 3 N–H and O–H groups in total. The molecule has 0 radical (unpaired) electrons. The van der Waals surface area contributed by atoms with Gasteiger partial charge in [-0.1, -0.05) is 41.2 Å². The first-order chi connectivity index (χ1) is 9.06. The highest BCUT2D eigenvalue weighted by molar-refractivity contribution is 7.17. The van der Waals surface area contributed by atoms with E-state index in [0.717, 1.165) is 16.9 Å². The molecule has 0 saturated carbocycles. The third-order valence-corrected chi connectivity index (χ3v) is 3.46. The van der Waals surface area contributed by atoms with Crippen molar-refractivity contribution in [1.82, 2.24) is 10.4 Å². The van der Waals surface area contributed by atoms with E-state index in [-0.39, 0.29) is 5.91 Å². The van der Waals surface area contributed by atoms with E-state index in [1.165, 1.54) is 5.56 Å². The molecular weight excluding hydrogens is 260 g/mol. The summed E-state index contributed by atoms with van der Waals surface area (Å²) in [6, 6.07) is 7.83. The Morgan fingerprint density at radius 2 is 2.05 bits per heavy atom. The molecule has 0 atom stereocenters. The maximum absolute atomic E-state index is 11.8. The Kier molecular flexibility index (Phi) is 3.91. The van der Waals surface area contributed by atoms with Crippen molar-refractivity contribution in [1.29, 1.82) is 0 Å². The third kappa shape index (κ3) is 3.38. The van der Waals surface area contributed by atoms with E-state index < -0.39 is 0 Å². The van der Waals surface area contributed by atoms with Crippen LogP contribution in [0.4, 0.5) is 5.13 Å². The molecule has 1 aromatic heterocycles. The van der Waals surface area contributed by atoms with Gasteiger partial charge in [0.2, 0.25) is 0 Å². The molecule has 1 heterocycles. The summed E-state index contributed by atoms with van der Waals surface area (Å²) >= 11 is 1.15. The van der Waals surface area contributed by atoms with Gasteiger partial charge < -0.3 is 5.73 Å². The summed E-state index contributed by atoms with van der Waals surface area (Å²) in [6.07, 6.45) is 1.59. The molecule has 2 rings (SSSR count). The number of nitrogens with one attached hydrogen (secondary N) is 1. The van der Waals surface area contributed by atoms with Crippen molar-refractivity contribution in [3.05, 3.63) is 46.0 Å². The Labute approximate surface area is 115 Å². The van der Waals surface area contributed by atoms with Crippen LogP contribution in [0.15, 0.2) is 29.4 Å². The monoisotopic (exact) mass is 274 g/mol. The molecule has 0 aliphatic carbocycles. The average Bonchev–Trinajstić information content (AvgIpc) is 2.71. The molecule has 0 saturated heterocycles. The van der Waals surface area contributed by atoms with Gasteiger partial charge in [0.1, 0.15) is 4.88 Å². The summed E-state index contributed by atoms with van der Waals surface area (Å²) < 4.78 is 0. The second-order valence-corrected chi connectivity index (χ2v) is 5.11. The van der Waals surface area contributed by atoms with E-state index in [2.05, 4.69) is 15.5 Å². The largest absolute Gasteiger partial charge is 0.375 e. The van der Waals surface area contributed by atoms with Crippen molar-refractivity contribution in [2.45, 2.75) is 13.8 Å². The van der Waals surface area contributed by atoms with E-state index in [1.807, 2.05) is 31.2 Å². The summed E-state index contributed by atoms with van der Waals surface area (Å²) in [5.41, 5.74) is 10.7. The zero-order valence-electron chi connectivity index (χ0n) is 10.7. The van der Waals surface area contributed by atoms with E-state index >= 15 is 0 Å². The molecular formula is C13H14N4OS. The Hall–Kier alpha value is -2.21. The number of nitrogen functional groups attached to an aromatic ring is 1. The number of aryl methyl sites for hydroxylation is 2. The maximum Gasteiger partial charge on any atom is 0.283 e. The van der Waals surface area contributed by atoms with E-state index in [0.29, 0.717) is 15.7 Å². The minimum atomic E-state index is -0.296. The molecule has 0 spiro atoms. The highest BCUT2D eigenvalue weighted by Crippen LogP contribution is 2.19. The minimum absolute atomic E-state index is 0.296. The fraction of sp³-hybridized carbons (Fsp3) is 0.154. The number of carbonyl (C=O) groups excluding carboxylic acids is 1. The molecule has 0 unspecified atom stereocenters. The van der Waals surface area contributed by atoms with Crippen molar-refractivity contribution < 1.29 is 4.79 Å². The van der Waals surface area contributed by atoms with Crippen LogP contribution in [0.1, 0.15) is 26.5 Å². The second kappa shape index (κ2) is 5.62. The zero-order valence-corrected chi connectivity index (χ0v) is 11.5. The summed E-state index contributed by atoms with van der Waals surface area (Å²) in [7, 11) is 0. The van der Waals surface area contributed by atoms with Gasteiger partial charge in [0.25, 0.3) is 5.91 Å². The lowest BCUT2D eigenvalue weighted by molar-refractivity contribution is 0.0958. The van der Waals surface area contributed by atoms with Crippen LogP contribution < -0.4 is 11.2 Å². The average molecular weight is 274 g/mol. The van der Waals surface area contributed by atoms with Crippen molar-refractivity contribution in [2.75, 3.05) is 5.73 Å². The molecule has 19 heavy (non-hydrogen) atoms. The van der Waals surface area contributed by atoms with Gasteiger partial charge in [0.15, 0.2) is 5.13 Å². The number of aromatic nitrogens is 1. The molecule has 2 aromatic rings. The quantitative estimate of drug-likeness (QED) is 0.664. The first-order valence-corrected chi connectivity index (χ1v) is 6.51. The van der Waals surface area contributed by atoms with Gasteiger partial charge in [-0.25, -0.2) is 10.4 Å². The van der Waals surface area contributed by atoms with E-state index in [9.17, 15) is 4.79 Å². The predicted molar refractivity (Wildman–Crippen MR) is 77.5 cm³/mol. The Morgan fingerprint density at radius 1 is 1.37 bits per heavy atom. The van der Waals surface area contributed by atoms with Gasteiger partial charge in [-0.2, -0.15) is 5.10 Å². The topological polar surface area (TPSA) is 80.4 Å². The van der Waals surface area contributed by atoms with Crippen molar-refractivity contribution in [3.63, 3.8) is 0 Å². The molecule has 0 aliphatic heterocycles. The highest BCUT2D eigenvalue weighted by Gasteiger charge is 2.12. The smallest absolute Gasteiger partial charge is 0.283 e. The van der Waals surface area contributed by atoms with Crippen LogP contribution >= 0.6 is 11.3 Å². The first-order valence-electron chi connectivity index (χ1n) is 5.69. The summed E-state index contributed by atoms with van der Waals surface area (Å²) in [6.45, 7) is 3.76. The summed E-state index contributed by atoms with van der Waals surface area (Å²) in [5.74, 6) is -0.296. The SMILES string of the molecule is Cc1ccc(C=NNC(=O)c2sc(N)nc2C)cc1. The summed E-state index contributed by atoms with van der Waals surface area (Å²) in [5, 5.41) is 4.29. The van der Waals surface area contributed by atoms with Crippen molar-refractivity contribution in [3.8, 4) is 0 Å². The maximum atomic E-state index is 11.8. The number of carbonyl (C=O) groups is 1. The molecule has 0 bridgehead atoms. The van der Waals surface area contributed by atoms with Crippen molar-refractivity contribution in [2.24, 2.45) is 5.10 Å². The normalized spacial score (nSPS) is 10.8. The van der Waals surface area contributed by atoms with Crippen molar-refractivity contribution >= 4 is 28.6 Å². The van der Waals surface area contributed by atoms with Crippen LogP contribution in [-0.2, 0) is 0 Å². The number of benzene rings is 1. The second-order valence-electron chi connectivity index (χ2n) is 4.08. The third-order valence-electron chi connectivity index (χ3n) is 2.48. The van der Waals surface area contributed by atoms with E-state index in [4.69, 9.17) is 5.73 Å². The van der Waals surface area contributed by atoms with Gasteiger partial charge in [0.05, 0.1) is 11.9 Å². The Bertz CT molecular complexity index is 616. The van der Waals surface area contributed by atoms with Gasteiger partial charge >= 0.3 is 0 Å². The van der Waals surface area contributed by atoms with Gasteiger partial charge in [0, 0.05) is 0 Å². The van der Waals surface area contributed by atoms with Crippen LogP contribution in [0.3, 0.4) is 0 Å². The lowest BCUT2D eigenvalue weighted by atomic mass is 10.2. The lowest BCUT2D eigenvalue weighted by Gasteiger charge is -1.97. The molecule has 5 nitrogen and oxygen atoms in total. The molecule has 98 valence electrons. The number of nitrogens with zero attached hydrogens (tertiary/aromatic N) is 2. The van der Waals surface area contributed by atoms with Crippen LogP contribution in [0, 0.1) is 13.8 Å². The number of thiazole rings is 1. The van der Waals surface area contributed by atoms with Gasteiger partial charge in [-0.15, -0.1) is 0 Å². The highest BCUT2D eigenvalue weighted by atomic mass is 32.1. The molecule has 1 amide bonds. The lowest BCUT2D eigenvalue weighted by Crippen LogP contribution is -2.17. The molecule has 0 fully saturated rings. The molecule has 0 aliphatic rings. The number of hydrazone groups is 1. The molecule has 6 heteroatoms. The van der Waals surface area contributed by atoms with Crippen LogP contribution in [0.5, 0.6) is 0 Å². The fourth-order valence-corrected chi connectivity index (χ4v) is 2.22. The summed E-state index contributed by atoms with van der Waals surface area (Å²) in [4.78, 5) is 16.3. The number of hydrogen-bond donors (Lipinski definition) is 2. The fourth-order valence-electron chi connectivity index (χ4n) is 1.50. The van der Waals surface area contributed by atoms with Crippen LogP contribution in [-0.4, -0.2) is 17.1 Å². The zero-order chi connectivity index (χ0) is 13.8. The first kappa shape index (κ1) is 13.2. The van der Waals surface area contributed by atoms with Gasteiger partial charge in [-0.05, 0) is 19.4 Å². The van der Waals surface area contributed by atoms with Crippen LogP contribution in [0.2, 0.25) is 0 Å². The van der Waals surface area contributed by atoms with Gasteiger partial charge in [-0.3, -0.25) is 4.79 Å². The van der Waals surface area contributed by atoms with E-state index in [1.54, 1.807) is 13.1 Å². The van der Waals surface area contributed by atoms with Crippen LogP contribution in [0.25, 0.3) is 0 Å². The number of anilines is 1. The minimum Gasteiger partial charge on any atom is -0.375 e. The number of amides is 1.